The van der Waals surface area contributed by atoms with Crippen LogP contribution in [0, 0.1) is 5.92 Å². The second-order valence-electron chi connectivity index (χ2n) is 6.71. The third-order valence-corrected chi connectivity index (χ3v) is 4.41. The zero-order chi connectivity index (χ0) is 17.7. The minimum atomic E-state index is -0.545. The number of rotatable bonds is 8. The van der Waals surface area contributed by atoms with Gasteiger partial charge in [0.25, 0.3) is 0 Å². The number of likely N-dealkylation sites (N-methyl/N-ethyl adjacent to an activating group) is 1. The highest BCUT2D eigenvalue weighted by Crippen LogP contribution is 2.46. The molecule has 0 amide bonds. The van der Waals surface area contributed by atoms with Gasteiger partial charge in [0.1, 0.15) is 5.75 Å². The maximum Gasteiger partial charge on any atom is 0.349 e. The first-order valence-corrected chi connectivity index (χ1v) is 8.57. The van der Waals surface area contributed by atoms with Crippen LogP contribution in [-0.2, 0) is 14.3 Å². The molecule has 1 saturated carbocycles. The smallest absolute Gasteiger partial charge is 0.349 e. The van der Waals surface area contributed by atoms with Crippen molar-refractivity contribution in [3.8, 4) is 5.75 Å². The highest BCUT2D eigenvalue weighted by Gasteiger charge is 2.32. The minimum Gasteiger partial charge on any atom is -0.453 e. The molecule has 0 aliphatic heterocycles. The molecule has 1 fully saturated rings. The lowest BCUT2D eigenvalue weighted by Gasteiger charge is -2.20. The molecule has 0 aromatic heterocycles. The summed E-state index contributed by atoms with van der Waals surface area (Å²) in [4.78, 5) is 23.5. The van der Waals surface area contributed by atoms with Crippen LogP contribution in [0.4, 0.5) is 0 Å². The number of esters is 2. The van der Waals surface area contributed by atoms with Crippen molar-refractivity contribution >= 4 is 24.3 Å². The number of carbonyl (C=O) groups is 2. The summed E-state index contributed by atoms with van der Waals surface area (Å²) < 4.78 is 10.5. The van der Waals surface area contributed by atoms with Crippen molar-refractivity contribution in [1.82, 2.24) is 5.32 Å². The van der Waals surface area contributed by atoms with Gasteiger partial charge in [-0.05, 0) is 48.8 Å². The van der Waals surface area contributed by atoms with Crippen molar-refractivity contribution in [2.24, 2.45) is 5.92 Å². The predicted octanol–water partition coefficient (Wildman–Crippen LogP) is 3.41. The van der Waals surface area contributed by atoms with Gasteiger partial charge in [-0.25, -0.2) is 4.79 Å². The van der Waals surface area contributed by atoms with Crippen LogP contribution in [0.2, 0.25) is 0 Å². The van der Waals surface area contributed by atoms with Crippen LogP contribution in [0.3, 0.4) is 0 Å². The molecule has 0 radical (unpaired) electrons. The molecule has 6 heteroatoms. The Balaban J connectivity index is 0.00000312. The number of carbonyl (C=O) groups excluding carboxylic acids is 2. The third-order valence-electron chi connectivity index (χ3n) is 4.41. The van der Waals surface area contributed by atoms with E-state index < -0.39 is 11.9 Å². The molecule has 1 aliphatic carbocycles. The van der Waals surface area contributed by atoms with E-state index in [1.807, 2.05) is 18.2 Å². The maximum absolute atomic E-state index is 12.1. The normalized spacial score (nSPS) is 14.6. The maximum atomic E-state index is 12.1. The molecule has 5 nitrogen and oxygen atoms in total. The zero-order valence-corrected chi connectivity index (χ0v) is 16.2. The van der Waals surface area contributed by atoms with Gasteiger partial charge in [0.2, 0.25) is 0 Å². The molecule has 0 unspecified atom stereocenters. The molecule has 1 N–H and O–H groups in total. The zero-order valence-electron chi connectivity index (χ0n) is 15.3. The van der Waals surface area contributed by atoms with E-state index in [1.54, 1.807) is 7.05 Å². The summed E-state index contributed by atoms with van der Waals surface area (Å²) >= 11 is 0. The fraction of sp³-hybridized carbons (Fsp3) is 0.579. The fourth-order valence-corrected chi connectivity index (χ4v) is 2.83. The molecule has 0 bridgehead atoms. The fourth-order valence-electron chi connectivity index (χ4n) is 2.83. The summed E-state index contributed by atoms with van der Waals surface area (Å²) in [5, 5.41) is 2.68. The van der Waals surface area contributed by atoms with Crippen molar-refractivity contribution < 1.29 is 19.1 Å². The summed E-state index contributed by atoms with van der Waals surface area (Å²) in [6.45, 7) is 6.03. The Labute approximate surface area is 155 Å². The lowest BCUT2D eigenvalue weighted by atomic mass is 9.90. The average molecular weight is 370 g/mol. The van der Waals surface area contributed by atoms with Gasteiger partial charge in [-0.3, -0.25) is 4.79 Å². The first-order chi connectivity index (χ1) is 11.4. The SMILES string of the molecule is CNCC(=O)OCC(=O)Oc1c(C(C)C)cccc1[C@H](C)C1CC1.Cl. The monoisotopic (exact) mass is 369 g/mol. The molecular weight excluding hydrogens is 342 g/mol. The first kappa shape index (κ1) is 21.5. The van der Waals surface area contributed by atoms with Gasteiger partial charge in [0.05, 0.1) is 6.54 Å². The highest BCUT2D eigenvalue weighted by atomic mass is 35.5. The van der Waals surface area contributed by atoms with E-state index in [0.717, 1.165) is 11.1 Å². The second-order valence-corrected chi connectivity index (χ2v) is 6.71. The highest BCUT2D eigenvalue weighted by molar-refractivity contribution is 5.85. The number of halogens is 1. The lowest BCUT2D eigenvalue weighted by Crippen LogP contribution is -2.25. The summed E-state index contributed by atoms with van der Waals surface area (Å²) in [7, 11) is 1.64. The van der Waals surface area contributed by atoms with E-state index in [1.165, 1.54) is 12.8 Å². The van der Waals surface area contributed by atoms with Crippen LogP contribution in [-0.4, -0.2) is 32.1 Å². The van der Waals surface area contributed by atoms with Crippen LogP contribution in [0.25, 0.3) is 0 Å². The van der Waals surface area contributed by atoms with Crippen LogP contribution in [0.5, 0.6) is 5.75 Å². The largest absolute Gasteiger partial charge is 0.453 e. The summed E-state index contributed by atoms with van der Waals surface area (Å²) in [5.41, 5.74) is 2.08. The van der Waals surface area contributed by atoms with Crippen LogP contribution >= 0.6 is 12.4 Å². The quantitative estimate of drug-likeness (QED) is 0.562. The van der Waals surface area contributed by atoms with E-state index >= 15 is 0 Å². The van der Waals surface area contributed by atoms with Gasteiger partial charge >= 0.3 is 11.9 Å². The Bertz CT molecular complexity index is 599. The lowest BCUT2D eigenvalue weighted by molar-refractivity contribution is -0.152. The molecular formula is C19H28ClNO4. The van der Waals surface area contributed by atoms with Gasteiger partial charge in [-0.1, -0.05) is 39.0 Å². The molecule has 0 spiro atoms. The van der Waals surface area contributed by atoms with Crippen molar-refractivity contribution in [1.29, 1.82) is 0 Å². The summed E-state index contributed by atoms with van der Waals surface area (Å²) in [6, 6.07) is 6.04. The summed E-state index contributed by atoms with van der Waals surface area (Å²) in [5.74, 6) is 0.888. The molecule has 2 rings (SSSR count). The van der Waals surface area contributed by atoms with E-state index in [9.17, 15) is 9.59 Å². The molecule has 1 aromatic carbocycles. The van der Waals surface area contributed by atoms with E-state index in [2.05, 4.69) is 26.1 Å². The van der Waals surface area contributed by atoms with Crippen molar-refractivity contribution in [3.05, 3.63) is 29.3 Å². The van der Waals surface area contributed by atoms with Crippen molar-refractivity contribution in [3.63, 3.8) is 0 Å². The van der Waals surface area contributed by atoms with E-state index in [0.29, 0.717) is 17.6 Å². The Morgan fingerprint density at radius 2 is 1.80 bits per heavy atom. The number of hydrogen-bond acceptors (Lipinski definition) is 5. The molecule has 0 saturated heterocycles. The molecule has 25 heavy (non-hydrogen) atoms. The number of nitrogens with one attached hydrogen (secondary N) is 1. The van der Waals surface area contributed by atoms with Crippen LogP contribution in [0.1, 0.15) is 56.6 Å². The number of ether oxygens (including phenoxy) is 2. The van der Waals surface area contributed by atoms with Crippen LogP contribution in [0.15, 0.2) is 18.2 Å². The molecule has 1 aromatic rings. The molecule has 0 heterocycles. The Hall–Kier alpha value is -1.59. The molecule has 1 atom stereocenters. The van der Waals surface area contributed by atoms with Gasteiger partial charge < -0.3 is 14.8 Å². The summed E-state index contributed by atoms with van der Waals surface area (Å²) in [6.07, 6.45) is 2.45. The van der Waals surface area contributed by atoms with Gasteiger partial charge in [0, 0.05) is 0 Å². The van der Waals surface area contributed by atoms with Gasteiger partial charge in [-0.15, -0.1) is 12.4 Å². The Kier molecular flexibility index (Phi) is 8.39. The standard InChI is InChI=1S/C19H27NO4.ClH/c1-12(2)15-6-5-7-16(13(3)14-8-9-14)19(15)24-18(22)11-23-17(21)10-20-4;/h5-7,12-14,20H,8-11H2,1-4H3;1H/t13-;/m1./s1. The average Bonchev–Trinajstić information content (AvgIpc) is 3.37. The van der Waals surface area contributed by atoms with Crippen LogP contribution < -0.4 is 10.1 Å². The molecule has 140 valence electrons. The van der Waals surface area contributed by atoms with Crippen molar-refractivity contribution in [2.45, 2.75) is 45.4 Å². The Morgan fingerprint density at radius 1 is 1.16 bits per heavy atom. The topological polar surface area (TPSA) is 64.6 Å². The first-order valence-electron chi connectivity index (χ1n) is 8.57. The van der Waals surface area contributed by atoms with E-state index in [-0.39, 0.29) is 31.5 Å². The second kappa shape index (κ2) is 9.78. The number of benzene rings is 1. The third kappa shape index (κ3) is 6.01. The van der Waals surface area contributed by atoms with Gasteiger partial charge in [0.15, 0.2) is 6.61 Å². The van der Waals surface area contributed by atoms with Crippen molar-refractivity contribution in [2.75, 3.05) is 20.2 Å². The number of para-hydroxylation sites is 1. The number of hydrogen-bond donors (Lipinski definition) is 1. The van der Waals surface area contributed by atoms with E-state index in [4.69, 9.17) is 9.47 Å². The van der Waals surface area contributed by atoms with Gasteiger partial charge in [-0.2, -0.15) is 0 Å². The minimum absolute atomic E-state index is 0. The Morgan fingerprint density at radius 3 is 2.36 bits per heavy atom. The molecule has 1 aliphatic rings. The predicted molar refractivity (Wildman–Crippen MR) is 99.4 cm³/mol.